The number of nitrogens with one attached hydrogen (secondary N) is 1. The van der Waals surface area contributed by atoms with Gasteiger partial charge in [-0.15, -0.1) is 10.2 Å². The maximum absolute atomic E-state index is 4.93. The molecule has 39 heavy (non-hydrogen) atoms. The fraction of sp³-hybridized carbons (Fsp3) is 0.367. The van der Waals surface area contributed by atoms with Crippen LogP contribution in [0.2, 0.25) is 0 Å². The molecule has 1 N–H and O–H groups in total. The number of thiazole rings is 1. The maximum Gasteiger partial charge on any atom is 0.189 e. The van der Waals surface area contributed by atoms with Crippen LogP contribution in [0.3, 0.4) is 0 Å². The predicted octanol–water partition coefficient (Wildman–Crippen LogP) is 7.61. The number of aryl methyl sites for hydroxylation is 2. The number of fused-ring (bicyclic) bond motifs is 1. The Balaban J connectivity index is 0.00000323. The summed E-state index contributed by atoms with van der Waals surface area (Å²) >= 11 is 1.60. The second-order valence-electron chi connectivity index (χ2n) is 10.5. The molecular weight excluding hydrogens is 504 g/mol. The molecule has 8 nitrogen and oxygen atoms in total. The first-order chi connectivity index (χ1) is 19.0. The number of anilines is 4. The van der Waals surface area contributed by atoms with E-state index in [0.717, 1.165) is 61.8 Å². The Bertz CT molecular complexity index is 1590. The van der Waals surface area contributed by atoms with Gasteiger partial charge >= 0.3 is 0 Å². The molecule has 5 aromatic rings. The van der Waals surface area contributed by atoms with E-state index in [0.29, 0.717) is 5.82 Å². The molecule has 0 radical (unpaired) electrons. The van der Waals surface area contributed by atoms with Crippen molar-refractivity contribution in [2.45, 2.75) is 59.4 Å². The molecule has 4 heterocycles. The average Bonchev–Trinajstić information content (AvgIpc) is 3.52. The van der Waals surface area contributed by atoms with Gasteiger partial charge in [0.05, 0.1) is 16.4 Å². The Kier molecular flexibility index (Phi) is 6.99. The van der Waals surface area contributed by atoms with Gasteiger partial charge in [0, 0.05) is 37.5 Å². The zero-order chi connectivity index (χ0) is 26.9. The van der Waals surface area contributed by atoms with Crippen molar-refractivity contribution in [2.75, 3.05) is 17.3 Å². The highest BCUT2D eigenvalue weighted by Gasteiger charge is 2.19. The highest BCUT2D eigenvalue weighted by Crippen LogP contribution is 2.32. The second-order valence-corrected chi connectivity index (χ2v) is 11.6. The van der Waals surface area contributed by atoms with Gasteiger partial charge in [-0.1, -0.05) is 42.7 Å². The van der Waals surface area contributed by atoms with Gasteiger partial charge in [-0.3, -0.25) is 4.68 Å². The van der Waals surface area contributed by atoms with Crippen LogP contribution in [0.5, 0.6) is 0 Å². The van der Waals surface area contributed by atoms with Crippen LogP contribution in [-0.2, 0) is 6.54 Å². The number of aromatic nitrogens is 6. The van der Waals surface area contributed by atoms with Crippen molar-refractivity contribution in [2.24, 2.45) is 5.92 Å². The van der Waals surface area contributed by atoms with Crippen molar-refractivity contribution < 1.29 is 1.43 Å². The highest BCUT2D eigenvalue weighted by molar-refractivity contribution is 7.22. The minimum absolute atomic E-state index is 0. The smallest absolute Gasteiger partial charge is 0.189 e. The van der Waals surface area contributed by atoms with Crippen LogP contribution in [0.15, 0.2) is 48.7 Å². The van der Waals surface area contributed by atoms with Crippen molar-refractivity contribution in [1.82, 2.24) is 29.9 Å². The van der Waals surface area contributed by atoms with E-state index in [2.05, 4.69) is 51.2 Å². The summed E-state index contributed by atoms with van der Waals surface area (Å²) in [5.41, 5.74) is 6.43. The standard InChI is InChI=1S/C30H34N8S.H2/c1-19-16-28(35-36-29(19)34-30-33-25-12-8-9-13-26(25)39-30)37(4)27-15-14-23(20(2)32-27)24-17-31-38(21(24)3)18-22-10-6-5-7-11-22;/h8-9,12-17,22H,5-7,10-11,18H2,1-4H3,(H,33,34,36);1H. The molecule has 0 amide bonds. The fourth-order valence-corrected chi connectivity index (χ4v) is 6.30. The Morgan fingerprint density at radius 3 is 2.56 bits per heavy atom. The molecule has 1 fully saturated rings. The number of rotatable bonds is 7. The van der Waals surface area contributed by atoms with Gasteiger partial charge < -0.3 is 10.2 Å². The zero-order valence-electron chi connectivity index (χ0n) is 23.0. The number of para-hydroxylation sites is 1. The van der Waals surface area contributed by atoms with Crippen molar-refractivity contribution >= 4 is 44.1 Å². The van der Waals surface area contributed by atoms with Gasteiger partial charge in [-0.2, -0.15) is 5.10 Å². The number of pyridine rings is 1. The van der Waals surface area contributed by atoms with Crippen LogP contribution in [0.25, 0.3) is 21.3 Å². The van der Waals surface area contributed by atoms with E-state index in [1.807, 2.05) is 55.4 Å². The van der Waals surface area contributed by atoms with Crippen LogP contribution in [-0.4, -0.2) is 37.0 Å². The SMILES string of the molecule is Cc1cc(N(C)c2ccc(-c3cnn(CC4CCCCC4)c3C)c(C)n2)nnc1Nc1nc2ccccc2s1.[HH]. The highest BCUT2D eigenvalue weighted by atomic mass is 32.1. The molecular formula is C30H36N8S. The molecule has 0 spiro atoms. The summed E-state index contributed by atoms with van der Waals surface area (Å²) in [5, 5.41) is 17.8. The largest absolute Gasteiger partial charge is 0.314 e. The van der Waals surface area contributed by atoms with E-state index in [4.69, 9.17) is 10.1 Å². The first-order valence-corrected chi connectivity index (χ1v) is 14.5. The van der Waals surface area contributed by atoms with E-state index in [9.17, 15) is 0 Å². The minimum atomic E-state index is 0. The van der Waals surface area contributed by atoms with Gasteiger partial charge in [-0.05, 0) is 75.4 Å². The van der Waals surface area contributed by atoms with E-state index in [1.54, 1.807) is 11.3 Å². The lowest BCUT2D eigenvalue weighted by Gasteiger charge is -2.22. The Morgan fingerprint density at radius 1 is 0.974 bits per heavy atom. The molecule has 9 heteroatoms. The molecule has 1 aliphatic carbocycles. The summed E-state index contributed by atoms with van der Waals surface area (Å²) in [7, 11) is 1.97. The lowest BCUT2D eigenvalue weighted by molar-refractivity contribution is 0.306. The third kappa shape index (κ3) is 5.23. The second kappa shape index (κ2) is 10.7. The first-order valence-electron chi connectivity index (χ1n) is 13.7. The minimum Gasteiger partial charge on any atom is -0.314 e. The molecule has 4 aromatic heterocycles. The normalized spacial score (nSPS) is 14.2. The topological polar surface area (TPSA) is 84.7 Å². The predicted molar refractivity (Wildman–Crippen MR) is 161 cm³/mol. The van der Waals surface area contributed by atoms with Crippen LogP contribution >= 0.6 is 11.3 Å². The van der Waals surface area contributed by atoms with Crippen LogP contribution in [0, 0.1) is 26.7 Å². The molecule has 0 aliphatic heterocycles. The van der Waals surface area contributed by atoms with Crippen LogP contribution < -0.4 is 10.2 Å². The summed E-state index contributed by atoms with van der Waals surface area (Å²) < 4.78 is 3.33. The van der Waals surface area contributed by atoms with Crippen molar-refractivity contribution in [3.05, 3.63) is 65.6 Å². The molecule has 0 atom stereocenters. The van der Waals surface area contributed by atoms with E-state index >= 15 is 0 Å². The third-order valence-electron chi connectivity index (χ3n) is 7.80. The summed E-state index contributed by atoms with van der Waals surface area (Å²) in [6.45, 7) is 7.28. The average molecular weight is 541 g/mol. The van der Waals surface area contributed by atoms with Crippen LogP contribution in [0.4, 0.5) is 22.6 Å². The number of benzene rings is 1. The Morgan fingerprint density at radius 2 is 1.79 bits per heavy atom. The quantitative estimate of drug-likeness (QED) is 0.227. The molecule has 6 rings (SSSR count). The molecule has 0 saturated heterocycles. The van der Waals surface area contributed by atoms with Crippen LogP contribution in [0.1, 0.15) is 50.5 Å². The van der Waals surface area contributed by atoms with Gasteiger partial charge in [0.15, 0.2) is 16.8 Å². The van der Waals surface area contributed by atoms with Gasteiger partial charge in [0.2, 0.25) is 0 Å². The lowest BCUT2D eigenvalue weighted by Crippen LogP contribution is -2.16. The summed E-state index contributed by atoms with van der Waals surface area (Å²) in [6, 6.07) is 14.3. The Labute approximate surface area is 234 Å². The van der Waals surface area contributed by atoms with E-state index in [1.165, 1.54) is 37.8 Å². The number of nitrogens with zero attached hydrogens (tertiary/aromatic N) is 7. The van der Waals surface area contributed by atoms with E-state index < -0.39 is 0 Å². The summed E-state index contributed by atoms with van der Waals surface area (Å²) in [6.07, 6.45) is 8.71. The van der Waals surface area contributed by atoms with Gasteiger partial charge in [0.1, 0.15) is 5.82 Å². The number of hydrogen-bond acceptors (Lipinski definition) is 8. The molecule has 1 aromatic carbocycles. The molecule has 1 aliphatic rings. The first kappa shape index (κ1) is 25.4. The van der Waals surface area contributed by atoms with Gasteiger partial charge in [0.25, 0.3) is 0 Å². The van der Waals surface area contributed by atoms with Crippen molar-refractivity contribution in [1.29, 1.82) is 0 Å². The van der Waals surface area contributed by atoms with Crippen molar-refractivity contribution in [3.63, 3.8) is 0 Å². The summed E-state index contributed by atoms with van der Waals surface area (Å²) in [4.78, 5) is 11.6. The Hall–Kier alpha value is -3.85. The monoisotopic (exact) mass is 540 g/mol. The third-order valence-corrected chi connectivity index (χ3v) is 8.75. The number of hydrogen-bond donors (Lipinski definition) is 1. The van der Waals surface area contributed by atoms with Gasteiger partial charge in [-0.25, -0.2) is 9.97 Å². The zero-order valence-corrected chi connectivity index (χ0v) is 23.8. The van der Waals surface area contributed by atoms with E-state index in [-0.39, 0.29) is 1.43 Å². The molecule has 0 bridgehead atoms. The molecule has 1 saturated carbocycles. The fourth-order valence-electron chi connectivity index (χ4n) is 5.43. The van der Waals surface area contributed by atoms with Crippen molar-refractivity contribution in [3.8, 4) is 11.1 Å². The molecule has 202 valence electrons. The lowest BCUT2D eigenvalue weighted by atomic mass is 9.89. The molecule has 0 unspecified atom stereocenters. The maximum atomic E-state index is 4.93. The summed E-state index contributed by atoms with van der Waals surface area (Å²) in [5.74, 6) is 3.00.